The van der Waals surface area contributed by atoms with E-state index >= 15 is 0 Å². The third kappa shape index (κ3) is 4.16. The number of benzene rings is 1. The van der Waals surface area contributed by atoms with Crippen molar-refractivity contribution >= 4 is 27.6 Å². The quantitative estimate of drug-likeness (QED) is 0.847. The lowest BCUT2D eigenvalue weighted by atomic mass is 10.3. The van der Waals surface area contributed by atoms with E-state index in [9.17, 15) is 4.79 Å². The molecule has 2 N–H and O–H groups in total. The highest BCUT2D eigenvalue weighted by atomic mass is 79.9. The van der Waals surface area contributed by atoms with Crippen LogP contribution >= 0.6 is 15.9 Å². The molecule has 0 saturated heterocycles. The van der Waals surface area contributed by atoms with E-state index in [4.69, 9.17) is 0 Å². The average molecular weight is 269 g/mol. The predicted molar refractivity (Wildman–Crippen MR) is 65.7 cm³/mol. The number of hydrogen-bond donors (Lipinski definition) is 2. The Morgan fingerprint density at radius 2 is 2.00 bits per heavy atom. The highest BCUT2D eigenvalue weighted by Crippen LogP contribution is 2.20. The summed E-state index contributed by atoms with van der Waals surface area (Å²) in [6, 6.07) is 7.20. The number of allylic oxidation sites excluding steroid dienone is 1. The molecule has 0 aliphatic heterocycles. The molecular weight excluding hydrogens is 256 g/mol. The van der Waals surface area contributed by atoms with E-state index in [1.807, 2.05) is 38.1 Å². The number of amides is 2. The summed E-state index contributed by atoms with van der Waals surface area (Å²) in [6.07, 6.45) is 1.66. The van der Waals surface area contributed by atoms with Gasteiger partial charge in [0.2, 0.25) is 0 Å². The van der Waals surface area contributed by atoms with Crippen LogP contribution in [0.25, 0.3) is 0 Å². The van der Waals surface area contributed by atoms with Crippen LogP contribution < -0.4 is 10.6 Å². The number of rotatable bonds is 2. The lowest BCUT2D eigenvalue weighted by Crippen LogP contribution is -2.24. The molecule has 0 atom stereocenters. The number of anilines is 1. The molecule has 0 bridgehead atoms. The number of nitrogens with one attached hydrogen (secondary N) is 2. The van der Waals surface area contributed by atoms with Crippen molar-refractivity contribution in [3.05, 3.63) is 40.5 Å². The fourth-order valence-corrected chi connectivity index (χ4v) is 1.31. The van der Waals surface area contributed by atoms with Gasteiger partial charge < -0.3 is 10.6 Å². The minimum atomic E-state index is -0.247. The topological polar surface area (TPSA) is 41.1 Å². The van der Waals surface area contributed by atoms with Crippen molar-refractivity contribution in [2.45, 2.75) is 13.8 Å². The van der Waals surface area contributed by atoms with Gasteiger partial charge in [-0.25, -0.2) is 4.79 Å². The van der Waals surface area contributed by atoms with Crippen molar-refractivity contribution in [2.75, 3.05) is 5.32 Å². The lowest BCUT2D eigenvalue weighted by molar-refractivity contribution is 0.255. The van der Waals surface area contributed by atoms with Gasteiger partial charge in [-0.1, -0.05) is 17.7 Å². The Kier molecular flexibility index (Phi) is 4.37. The van der Waals surface area contributed by atoms with Crippen LogP contribution in [0.3, 0.4) is 0 Å². The molecule has 4 heteroatoms. The third-order valence-corrected chi connectivity index (χ3v) is 2.31. The second-order valence-corrected chi connectivity index (χ2v) is 4.15. The van der Waals surface area contributed by atoms with Gasteiger partial charge in [0.05, 0.1) is 5.69 Å². The molecule has 1 rings (SSSR count). The molecule has 0 aliphatic carbocycles. The molecule has 0 fully saturated rings. The summed E-state index contributed by atoms with van der Waals surface area (Å²) in [6.45, 7) is 3.83. The van der Waals surface area contributed by atoms with Crippen LogP contribution in [0.1, 0.15) is 13.8 Å². The van der Waals surface area contributed by atoms with Gasteiger partial charge in [-0.2, -0.15) is 0 Å². The summed E-state index contributed by atoms with van der Waals surface area (Å²) in [5, 5.41) is 5.35. The molecule has 0 saturated carbocycles. The molecule has 3 nitrogen and oxygen atoms in total. The Balaban J connectivity index is 2.59. The second-order valence-electron chi connectivity index (χ2n) is 3.30. The van der Waals surface area contributed by atoms with Crippen LogP contribution in [0.2, 0.25) is 0 Å². The summed E-state index contributed by atoms with van der Waals surface area (Å²) in [4.78, 5) is 11.4. The SMILES string of the molecule is CC(C)=CNC(=O)Nc1ccccc1Br. The molecule has 2 amide bonds. The van der Waals surface area contributed by atoms with Gasteiger partial charge in [0.15, 0.2) is 0 Å². The lowest BCUT2D eigenvalue weighted by Gasteiger charge is -2.06. The molecule has 0 unspecified atom stereocenters. The molecule has 0 aromatic heterocycles. The van der Waals surface area contributed by atoms with E-state index in [1.165, 1.54) is 0 Å². The maximum Gasteiger partial charge on any atom is 0.323 e. The third-order valence-electron chi connectivity index (χ3n) is 1.61. The van der Waals surface area contributed by atoms with Crippen LogP contribution in [0.4, 0.5) is 10.5 Å². The molecule has 1 aromatic carbocycles. The predicted octanol–water partition coefficient (Wildman–Crippen LogP) is 3.49. The fraction of sp³-hybridized carbons (Fsp3) is 0.182. The fourth-order valence-electron chi connectivity index (χ4n) is 0.931. The minimum absolute atomic E-state index is 0.247. The van der Waals surface area contributed by atoms with Crippen LogP contribution in [-0.2, 0) is 0 Å². The van der Waals surface area contributed by atoms with Crippen LogP contribution in [-0.4, -0.2) is 6.03 Å². The first-order valence-corrected chi connectivity index (χ1v) is 5.34. The van der Waals surface area contributed by atoms with Gasteiger partial charge in [0, 0.05) is 10.7 Å². The normalized spacial score (nSPS) is 9.27. The smallest absolute Gasteiger partial charge is 0.314 e. The number of carbonyl (C=O) groups is 1. The van der Waals surface area contributed by atoms with Gasteiger partial charge in [-0.05, 0) is 41.9 Å². The standard InChI is InChI=1S/C11H13BrN2O/c1-8(2)7-13-11(15)14-10-6-4-3-5-9(10)12/h3-7H,1-2H3,(H2,13,14,15). The maximum absolute atomic E-state index is 11.4. The molecular formula is C11H13BrN2O. The molecule has 0 heterocycles. The van der Waals surface area contributed by atoms with Crippen molar-refractivity contribution < 1.29 is 4.79 Å². The van der Waals surface area contributed by atoms with Crippen LogP contribution in [0.15, 0.2) is 40.5 Å². The van der Waals surface area contributed by atoms with E-state index in [0.717, 1.165) is 15.7 Å². The molecule has 80 valence electrons. The monoisotopic (exact) mass is 268 g/mol. The number of para-hydroxylation sites is 1. The van der Waals surface area contributed by atoms with Gasteiger partial charge in [-0.15, -0.1) is 0 Å². The van der Waals surface area contributed by atoms with Crippen molar-refractivity contribution in [3.63, 3.8) is 0 Å². The highest BCUT2D eigenvalue weighted by Gasteiger charge is 2.01. The van der Waals surface area contributed by atoms with Crippen molar-refractivity contribution in [1.29, 1.82) is 0 Å². The molecule has 0 aliphatic rings. The minimum Gasteiger partial charge on any atom is -0.314 e. The zero-order valence-corrected chi connectivity index (χ0v) is 10.3. The zero-order chi connectivity index (χ0) is 11.3. The summed E-state index contributed by atoms with van der Waals surface area (Å²) < 4.78 is 0.859. The molecule has 1 aromatic rings. The molecule has 0 radical (unpaired) electrons. The van der Waals surface area contributed by atoms with Crippen molar-refractivity contribution in [3.8, 4) is 0 Å². The summed E-state index contributed by atoms with van der Waals surface area (Å²) in [7, 11) is 0. The van der Waals surface area contributed by atoms with Gasteiger partial charge in [0.25, 0.3) is 0 Å². The Hall–Kier alpha value is -1.29. The van der Waals surface area contributed by atoms with E-state index in [2.05, 4.69) is 26.6 Å². The Morgan fingerprint density at radius 3 is 2.60 bits per heavy atom. The molecule has 0 spiro atoms. The number of halogens is 1. The van der Waals surface area contributed by atoms with Crippen molar-refractivity contribution in [1.82, 2.24) is 5.32 Å². The average Bonchev–Trinajstić information content (AvgIpc) is 2.18. The summed E-state index contributed by atoms with van der Waals surface area (Å²) >= 11 is 3.35. The molecule has 15 heavy (non-hydrogen) atoms. The van der Waals surface area contributed by atoms with Crippen LogP contribution in [0, 0.1) is 0 Å². The van der Waals surface area contributed by atoms with Gasteiger partial charge in [-0.3, -0.25) is 0 Å². The Bertz CT molecular complexity index is 384. The maximum atomic E-state index is 11.4. The van der Waals surface area contributed by atoms with Gasteiger partial charge in [0.1, 0.15) is 0 Å². The first kappa shape index (κ1) is 11.8. The first-order chi connectivity index (χ1) is 7.09. The summed E-state index contributed by atoms with van der Waals surface area (Å²) in [5.41, 5.74) is 1.79. The van der Waals surface area contributed by atoms with E-state index in [1.54, 1.807) is 6.20 Å². The second kappa shape index (κ2) is 5.56. The Morgan fingerprint density at radius 1 is 1.33 bits per heavy atom. The highest BCUT2D eigenvalue weighted by molar-refractivity contribution is 9.10. The van der Waals surface area contributed by atoms with Gasteiger partial charge >= 0.3 is 6.03 Å². The number of hydrogen-bond acceptors (Lipinski definition) is 1. The largest absolute Gasteiger partial charge is 0.323 e. The van der Waals surface area contributed by atoms with Crippen LogP contribution in [0.5, 0.6) is 0 Å². The summed E-state index contributed by atoms with van der Waals surface area (Å²) in [5.74, 6) is 0. The van der Waals surface area contributed by atoms with E-state index in [-0.39, 0.29) is 6.03 Å². The van der Waals surface area contributed by atoms with Crippen molar-refractivity contribution in [2.24, 2.45) is 0 Å². The number of urea groups is 1. The van der Waals surface area contributed by atoms with E-state index < -0.39 is 0 Å². The first-order valence-electron chi connectivity index (χ1n) is 4.55. The van der Waals surface area contributed by atoms with E-state index in [0.29, 0.717) is 0 Å². The number of carbonyl (C=O) groups excluding carboxylic acids is 1. The Labute approximate surface area is 97.7 Å². The zero-order valence-electron chi connectivity index (χ0n) is 8.67.